The number of phenolic OH excluding ortho intramolecular Hbond substituents is 1. The summed E-state index contributed by atoms with van der Waals surface area (Å²) in [4.78, 5) is 24.9. The van der Waals surface area contributed by atoms with Gasteiger partial charge in [-0.1, -0.05) is 18.2 Å². The smallest absolute Gasteiger partial charge is 0.175 e. The van der Waals surface area contributed by atoms with Crippen LogP contribution < -0.4 is 0 Å². The normalized spacial score (nSPS) is 24.8. The average molecular weight is 256 g/mol. The molecule has 0 bridgehead atoms. The van der Waals surface area contributed by atoms with Crippen molar-refractivity contribution in [2.75, 3.05) is 0 Å². The van der Waals surface area contributed by atoms with Crippen LogP contribution in [0.1, 0.15) is 26.3 Å². The lowest BCUT2D eigenvalue weighted by Gasteiger charge is -2.31. The van der Waals surface area contributed by atoms with E-state index in [2.05, 4.69) is 0 Å². The van der Waals surface area contributed by atoms with Crippen molar-refractivity contribution in [2.45, 2.75) is 6.92 Å². The fourth-order valence-corrected chi connectivity index (χ4v) is 2.79. The summed E-state index contributed by atoms with van der Waals surface area (Å²) >= 11 is 0. The Labute approximate surface area is 109 Å². The number of rotatable bonds is 0. The third-order valence-electron chi connectivity index (χ3n) is 3.73. The first-order chi connectivity index (χ1) is 9.02. The third-order valence-corrected chi connectivity index (χ3v) is 3.73. The standard InChI is InChI=1S/C15H12O4/c1-7-5-6-10(17)13-11(7)15(19)12-8(14(13)18)3-2-4-9(12)16/h2-6,8,12,16-17H,1H3. The topological polar surface area (TPSA) is 74.6 Å². The van der Waals surface area contributed by atoms with Crippen LogP contribution in [0, 0.1) is 18.8 Å². The van der Waals surface area contributed by atoms with E-state index >= 15 is 0 Å². The summed E-state index contributed by atoms with van der Waals surface area (Å²) in [7, 11) is 0. The van der Waals surface area contributed by atoms with Crippen molar-refractivity contribution in [2.24, 2.45) is 11.8 Å². The average Bonchev–Trinajstić information content (AvgIpc) is 2.38. The largest absolute Gasteiger partial charge is 0.512 e. The molecule has 2 N–H and O–H groups in total. The molecule has 4 heteroatoms. The van der Waals surface area contributed by atoms with Crippen molar-refractivity contribution in [1.29, 1.82) is 0 Å². The molecule has 19 heavy (non-hydrogen) atoms. The van der Waals surface area contributed by atoms with Crippen molar-refractivity contribution < 1.29 is 19.8 Å². The number of hydrogen-bond acceptors (Lipinski definition) is 4. The molecule has 2 unspecified atom stereocenters. The summed E-state index contributed by atoms with van der Waals surface area (Å²) < 4.78 is 0. The van der Waals surface area contributed by atoms with Gasteiger partial charge in [-0.3, -0.25) is 9.59 Å². The molecule has 0 fully saturated rings. The summed E-state index contributed by atoms with van der Waals surface area (Å²) in [5.41, 5.74) is 0.930. The van der Waals surface area contributed by atoms with Crippen LogP contribution in [0.2, 0.25) is 0 Å². The van der Waals surface area contributed by atoms with Crippen LogP contribution in [0.3, 0.4) is 0 Å². The van der Waals surface area contributed by atoms with Gasteiger partial charge in [0.2, 0.25) is 0 Å². The van der Waals surface area contributed by atoms with E-state index in [0.717, 1.165) is 0 Å². The Morgan fingerprint density at radius 2 is 1.79 bits per heavy atom. The quantitative estimate of drug-likeness (QED) is 0.747. The zero-order chi connectivity index (χ0) is 13.7. The van der Waals surface area contributed by atoms with Gasteiger partial charge < -0.3 is 10.2 Å². The van der Waals surface area contributed by atoms with Gasteiger partial charge in [-0.25, -0.2) is 0 Å². The van der Waals surface area contributed by atoms with Gasteiger partial charge in [-0.2, -0.15) is 0 Å². The zero-order valence-electron chi connectivity index (χ0n) is 10.3. The second-order valence-electron chi connectivity index (χ2n) is 4.86. The van der Waals surface area contributed by atoms with Crippen LogP contribution in [0.15, 0.2) is 36.1 Å². The number of Topliss-reactive ketones (excluding diaryl/α,β-unsaturated/α-hetero) is 2. The van der Waals surface area contributed by atoms with E-state index in [1.54, 1.807) is 25.1 Å². The fourth-order valence-electron chi connectivity index (χ4n) is 2.79. The van der Waals surface area contributed by atoms with E-state index in [-0.39, 0.29) is 34.2 Å². The van der Waals surface area contributed by atoms with Crippen molar-refractivity contribution in [3.05, 3.63) is 52.8 Å². The van der Waals surface area contributed by atoms with Gasteiger partial charge in [0.1, 0.15) is 11.5 Å². The van der Waals surface area contributed by atoms with Crippen molar-refractivity contribution in [3.8, 4) is 5.75 Å². The lowest BCUT2D eigenvalue weighted by molar-refractivity contribution is 0.0755. The van der Waals surface area contributed by atoms with Crippen molar-refractivity contribution in [1.82, 2.24) is 0 Å². The number of ketones is 2. The maximum atomic E-state index is 12.5. The SMILES string of the molecule is Cc1ccc(O)c2c1C(=O)C1C(O)=CC=CC1C2=O. The van der Waals surface area contributed by atoms with E-state index in [9.17, 15) is 19.8 Å². The molecule has 0 amide bonds. The molecule has 4 nitrogen and oxygen atoms in total. The molecule has 1 aromatic rings. The van der Waals surface area contributed by atoms with E-state index < -0.39 is 11.8 Å². The number of benzene rings is 1. The second-order valence-corrected chi connectivity index (χ2v) is 4.86. The molecule has 0 saturated heterocycles. The molecule has 2 atom stereocenters. The Bertz CT molecular complexity index is 667. The minimum absolute atomic E-state index is 0.0746. The summed E-state index contributed by atoms with van der Waals surface area (Å²) in [5, 5.41) is 19.7. The highest BCUT2D eigenvalue weighted by Gasteiger charge is 2.45. The van der Waals surface area contributed by atoms with Crippen LogP contribution in [0.25, 0.3) is 0 Å². The molecule has 0 radical (unpaired) electrons. The predicted molar refractivity (Wildman–Crippen MR) is 68.3 cm³/mol. The van der Waals surface area contributed by atoms with Crippen LogP contribution in [-0.2, 0) is 0 Å². The first kappa shape index (κ1) is 11.7. The molecule has 2 aliphatic rings. The van der Waals surface area contributed by atoms with Gasteiger partial charge in [-0.15, -0.1) is 0 Å². The number of carbonyl (C=O) groups is 2. The molecular formula is C15H12O4. The van der Waals surface area contributed by atoms with Gasteiger partial charge in [-0.05, 0) is 24.6 Å². The molecule has 0 aromatic heterocycles. The number of hydrogen-bond donors (Lipinski definition) is 2. The maximum Gasteiger partial charge on any atom is 0.175 e. The second kappa shape index (κ2) is 3.82. The molecule has 2 aliphatic carbocycles. The number of aryl methyl sites for hydroxylation is 1. The Morgan fingerprint density at radius 1 is 1.05 bits per heavy atom. The Morgan fingerprint density at radius 3 is 2.53 bits per heavy atom. The highest BCUT2D eigenvalue weighted by atomic mass is 16.3. The number of allylic oxidation sites excluding steroid dienone is 4. The lowest BCUT2D eigenvalue weighted by Crippen LogP contribution is -2.38. The minimum atomic E-state index is -0.856. The first-order valence-electron chi connectivity index (χ1n) is 6.00. The highest BCUT2D eigenvalue weighted by molar-refractivity contribution is 6.19. The summed E-state index contributed by atoms with van der Waals surface area (Å²) in [6.45, 7) is 1.71. The van der Waals surface area contributed by atoms with E-state index in [0.29, 0.717) is 5.56 Å². The van der Waals surface area contributed by atoms with Gasteiger partial charge in [0, 0.05) is 5.56 Å². The van der Waals surface area contributed by atoms with Gasteiger partial charge in [0.05, 0.1) is 17.4 Å². The first-order valence-corrected chi connectivity index (χ1v) is 6.00. The van der Waals surface area contributed by atoms with E-state index in [1.807, 2.05) is 0 Å². The number of aliphatic hydroxyl groups is 1. The highest BCUT2D eigenvalue weighted by Crippen LogP contribution is 2.40. The maximum absolute atomic E-state index is 12.5. The molecule has 3 rings (SSSR count). The number of fused-ring (bicyclic) bond motifs is 2. The number of aliphatic hydroxyl groups excluding tert-OH is 1. The molecule has 0 spiro atoms. The van der Waals surface area contributed by atoms with Crippen molar-refractivity contribution >= 4 is 11.6 Å². The lowest BCUT2D eigenvalue weighted by atomic mass is 9.70. The molecule has 0 aliphatic heterocycles. The molecule has 1 aromatic carbocycles. The van der Waals surface area contributed by atoms with Crippen LogP contribution in [0.4, 0.5) is 0 Å². The monoisotopic (exact) mass is 256 g/mol. The molecule has 0 heterocycles. The van der Waals surface area contributed by atoms with Crippen LogP contribution >= 0.6 is 0 Å². The fraction of sp³-hybridized carbons (Fsp3) is 0.200. The summed E-state index contributed by atoms with van der Waals surface area (Å²) in [6, 6.07) is 3.01. The van der Waals surface area contributed by atoms with Gasteiger partial charge in [0.15, 0.2) is 11.6 Å². The molecule has 0 saturated carbocycles. The van der Waals surface area contributed by atoms with Gasteiger partial charge in [0.25, 0.3) is 0 Å². The summed E-state index contributed by atoms with van der Waals surface area (Å²) in [5.74, 6) is -2.50. The predicted octanol–water partition coefficient (Wildman–Crippen LogP) is 2.32. The molecular weight excluding hydrogens is 244 g/mol. The molecule has 96 valence electrons. The third kappa shape index (κ3) is 1.46. The Balaban J connectivity index is 2.30. The van der Waals surface area contributed by atoms with E-state index in [1.165, 1.54) is 12.1 Å². The van der Waals surface area contributed by atoms with Gasteiger partial charge >= 0.3 is 0 Å². The number of carbonyl (C=O) groups excluding carboxylic acids is 2. The zero-order valence-corrected chi connectivity index (χ0v) is 10.3. The Hall–Kier alpha value is -2.36. The van der Waals surface area contributed by atoms with Crippen LogP contribution in [-0.4, -0.2) is 21.8 Å². The number of aromatic hydroxyl groups is 1. The Kier molecular flexibility index (Phi) is 2.35. The number of phenols is 1. The van der Waals surface area contributed by atoms with E-state index in [4.69, 9.17) is 0 Å². The van der Waals surface area contributed by atoms with Crippen LogP contribution in [0.5, 0.6) is 5.75 Å². The minimum Gasteiger partial charge on any atom is -0.512 e. The summed E-state index contributed by atoms with van der Waals surface area (Å²) in [6.07, 6.45) is 4.57. The van der Waals surface area contributed by atoms with Crippen molar-refractivity contribution in [3.63, 3.8) is 0 Å².